The molecule has 0 atom stereocenters. The summed E-state index contributed by atoms with van der Waals surface area (Å²) in [5.74, 6) is -0.00352. The molecule has 1 amide bonds. The molecule has 1 aliphatic heterocycles. The summed E-state index contributed by atoms with van der Waals surface area (Å²) in [6.07, 6.45) is 0. The second-order valence-corrected chi connectivity index (χ2v) is 5.03. The minimum atomic E-state index is -0.492. The standard InChI is InChI=1S/C11H20ClN3O/c1-9(12)8-14-10(16)11(2,3)15-6-4-13-5-7-15/h13H,1,4-8H2,2-3H3,(H,14,16). The Morgan fingerprint density at radius 3 is 2.56 bits per heavy atom. The van der Waals surface area contributed by atoms with E-state index in [-0.39, 0.29) is 5.91 Å². The van der Waals surface area contributed by atoms with Gasteiger partial charge in [-0.2, -0.15) is 0 Å². The molecule has 0 bridgehead atoms. The fourth-order valence-corrected chi connectivity index (χ4v) is 1.83. The highest BCUT2D eigenvalue weighted by Gasteiger charge is 2.34. The molecule has 1 fully saturated rings. The average molecular weight is 246 g/mol. The van der Waals surface area contributed by atoms with Crippen LogP contribution in [0, 0.1) is 0 Å². The number of rotatable bonds is 4. The van der Waals surface area contributed by atoms with Crippen LogP contribution in [-0.4, -0.2) is 49.1 Å². The van der Waals surface area contributed by atoms with Gasteiger partial charge >= 0.3 is 0 Å². The largest absolute Gasteiger partial charge is 0.350 e. The van der Waals surface area contributed by atoms with Crippen LogP contribution in [0.25, 0.3) is 0 Å². The van der Waals surface area contributed by atoms with E-state index >= 15 is 0 Å². The maximum absolute atomic E-state index is 12.0. The summed E-state index contributed by atoms with van der Waals surface area (Å²) in [7, 11) is 0. The molecular formula is C11H20ClN3O. The minimum absolute atomic E-state index is 0.00352. The van der Waals surface area contributed by atoms with Crippen LogP contribution >= 0.6 is 11.6 Å². The summed E-state index contributed by atoms with van der Waals surface area (Å²) in [5, 5.41) is 6.50. The first-order valence-corrected chi connectivity index (χ1v) is 5.89. The number of amides is 1. The van der Waals surface area contributed by atoms with E-state index in [4.69, 9.17) is 11.6 Å². The fraction of sp³-hybridized carbons (Fsp3) is 0.727. The molecule has 0 radical (unpaired) electrons. The van der Waals surface area contributed by atoms with Crippen molar-refractivity contribution in [2.24, 2.45) is 0 Å². The first kappa shape index (κ1) is 13.5. The Morgan fingerprint density at radius 2 is 2.06 bits per heavy atom. The van der Waals surface area contributed by atoms with Crippen LogP contribution in [0.2, 0.25) is 0 Å². The van der Waals surface area contributed by atoms with Crippen LogP contribution in [0.4, 0.5) is 0 Å². The molecule has 0 saturated carbocycles. The van der Waals surface area contributed by atoms with Gasteiger partial charge in [0.05, 0.1) is 12.1 Å². The number of nitrogens with zero attached hydrogens (tertiary/aromatic N) is 1. The molecule has 92 valence electrons. The zero-order chi connectivity index (χ0) is 12.2. The Hall–Kier alpha value is -0.580. The number of hydrogen-bond acceptors (Lipinski definition) is 3. The van der Waals surface area contributed by atoms with Crippen LogP contribution in [0.1, 0.15) is 13.8 Å². The van der Waals surface area contributed by atoms with Crippen molar-refractivity contribution in [3.8, 4) is 0 Å². The van der Waals surface area contributed by atoms with E-state index < -0.39 is 5.54 Å². The lowest BCUT2D eigenvalue weighted by Crippen LogP contribution is -2.60. The van der Waals surface area contributed by atoms with Crippen LogP contribution in [0.15, 0.2) is 11.6 Å². The summed E-state index contributed by atoms with van der Waals surface area (Å²) >= 11 is 5.62. The third-order valence-corrected chi connectivity index (χ3v) is 3.04. The van der Waals surface area contributed by atoms with Crippen molar-refractivity contribution in [1.82, 2.24) is 15.5 Å². The summed E-state index contributed by atoms with van der Waals surface area (Å²) in [6.45, 7) is 11.4. The second kappa shape index (κ2) is 5.66. The lowest BCUT2D eigenvalue weighted by atomic mass is 10.0. The van der Waals surface area contributed by atoms with E-state index in [2.05, 4.69) is 22.1 Å². The molecule has 5 heteroatoms. The fourth-order valence-electron chi connectivity index (χ4n) is 1.76. The molecule has 0 aromatic rings. The molecule has 0 aromatic carbocycles. The maximum atomic E-state index is 12.0. The average Bonchev–Trinajstić information content (AvgIpc) is 2.27. The Labute approximate surface area is 102 Å². The number of halogens is 1. The number of carbonyl (C=O) groups is 1. The van der Waals surface area contributed by atoms with Gasteiger partial charge in [0.2, 0.25) is 5.91 Å². The third-order valence-electron chi connectivity index (χ3n) is 2.90. The van der Waals surface area contributed by atoms with Gasteiger partial charge < -0.3 is 10.6 Å². The highest BCUT2D eigenvalue weighted by molar-refractivity contribution is 6.29. The Bertz CT molecular complexity index is 272. The van der Waals surface area contributed by atoms with E-state index in [0.29, 0.717) is 11.6 Å². The Kier molecular flexibility index (Phi) is 4.77. The maximum Gasteiger partial charge on any atom is 0.240 e. The Balaban J connectivity index is 2.53. The highest BCUT2D eigenvalue weighted by Crippen LogP contribution is 2.15. The van der Waals surface area contributed by atoms with Crippen molar-refractivity contribution in [3.05, 3.63) is 11.6 Å². The van der Waals surface area contributed by atoms with Crippen molar-refractivity contribution in [3.63, 3.8) is 0 Å². The van der Waals surface area contributed by atoms with Crippen LogP contribution in [0.3, 0.4) is 0 Å². The molecule has 4 nitrogen and oxygen atoms in total. The molecule has 16 heavy (non-hydrogen) atoms. The van der Waals surface area contributed by atoms with Crippen molar-refractivity contribution in [1.29, 1.82) is 0 Å². The third kappa shape index (κ3) is 3.47. The lowest BCUT2D eigenvalue weighted by Gasteiger charge is -2.39. The van der Waals surface area contributed by atoms with E-state index in [1.807, 2.05) is 13.8 Å². The molecule has 2 N–H and O–H groups in total. The van der Waals surface area contributed by atoms with Gasteiger partial charge in [0.25, 0.3) is 0 Å². The SMILES string of the molecule is C=C(Cl)CNC(=O)C(C)(C)N1CCNCC1. The number of carbonyl (C=O) groups excluding carboxylic acids is 1. The first-order valence-electron chi connectivity index (χ1n) is 5.52. The van der Waals surface area contributed by atoms with Crippen molar-refractivity contribution in [2.45, 2.75) is 19.4 Å². The van der Waals surface area contributed by atoms with Crippen molar-refractivity contribution in [2.75, 3.05) is 32.7 Å². The van der Waals surface area contributed by atoms with Gasteiger partial charge in [-0.1, -0.05) is 18.2 Å². The molecule has 1 heterocycles. The zero-order valence-corrected chi connectivity index (χ0v) is 10.7. The van der Waals surface area contributed by atoms with Crippen molar-refractivity contribution < 1.29 is 4.79 Å². The van der Waals surface area contributed by atoms with E-state index in [1.165, 1.54) is 0 Å². The van der Waals surface area contributed by atoms with Gasteiger partial charge in [-0.25, -0.2) is 0 Å². The topological polar surface area (TPSA) is 44.4 Å². The Morgan fingerprint density at radius 1 is 1.50 bits per heavy atom. The summed E-state index contributed by atoms with van der Waals surface area (Å²) in [4.78, 5) is 14.2. The summed E-state index contributed by atoms with van der Waals surface area (Å²) < 4.78 is 0. The van der Waals surface area contributed by atoms with Gasteiger partial charge in [0.1, 0.15) is 0 Å². The van der Waals surface area contributed by atoms with E-state index in [0.717, 1.165) is 26.2 Å². The van der Waals surface area contributed by atoms with Gasteiger partial charge in [-0.15, -0.1) is 0 Å². The first-order chi connectivity index (χ1) is 7.44. The number of nitrogens with one attached hydrogen (secondary N) is 2. The second-order valence-electron chi connectivity index (χ2n) is 4.50. The predicted molar refractivity (Wildman–Crippen MR) is 66.5 cm³/mol. The zero-order valence-electron chi connectivity index (χ0n) is 9.98. The molecule has 1 saturated heterocycles. The molecule has 0 unspecified atom stereocenters. The van der Waals surface area contributed by atoms with Gasteiger partial charge in [0.15, 0.2) is 0 Å². The summed E-state index contributed by atoms with van der Waals surface area (Å²) in [6, 6.07) is 0. The van der Waals surface area contributed by atoms with Gasteiger partial charge in [0, 0.05) is 31.2 Å². The molecule has 0 spiro atoms. The molecule has 1 rings (SSSR count). The van der Waals surface area contributed by atoms with E-state index in [9.17, 15) is 4.79 Å². The number of hydrogen-bond donors (Lipinski definition) is 2. The predicted octanol–water partition coefficient (Wildman–Crippen LogP) is 0.539. The quantitative estimate of drug-likeness (QED) is 0.760. The van der Waals surface area contributed by atoms with Crippen molar-refractivity contribution >= 4 is 17.5 Å². The summed E-state index contributed by atoms with van der Waals surface area (Å²) in [5.41, 5.74) is -0.492. The van der Waals surface area contributed by atoms with Crippen LogP contribution in [-0.2, 0) is 4.79 Å². The van der Waals surface area contributed by atoms with Crippen LogP contribution < -0.4 is 10.6 Å². The number of piperazine rings is 1. The molecule has 0 aromatic heterocycles. The molecule has 0 aliphatic carbocycles. The smallest absolute Gasteiger partial charge is 0.240 e. The monoisotopic (exact) mass is 245 g/mol. The molecule has 1 aliphatic rings. The normalized spacial score (nSPS) is 18.2. The minimum Gasteiger partial charge on any atom is -0.350 e. The molecular weight excluding hydrogens is 226 g/mol. The van der Waals surface area contributed by atoms with E-state index in [1.54, 1.807) is 0 Å². The highest BCUT2D eigenvalue weighted by atomic mass is 35.5. The van der Waals surface area contributed by atoms with Gasteiger partial charge in [-0.05, 0) is 13.8 Å². The lowest BCUT2D eigenvalue weighted by molar-refractivity contribution is -0.131. The van der Waals surface area contributed by atoms with Gasteiger partial charge in [-0.3, -0.25) is 9.69 Å². The van der Waals surface area contributed by atoms with Crippen LogP contribution in [0.5, 0.6) is 0 Å².